The van der Waals surface area contributed by atoms with Crippen molar-refractivity contribution in [2.45, 2.75) is 46.1 Å². The zero-order chi connectivity index (χ0) is 19.6. The Balaban J connectivity index is 1.74. The van der Waals surface area contributed by atoms with Gasteiger partial charge in [0.2, 0.25) is 0 Å². The van der Waals surface area contributed by atoms with Crippen LogP contribution in [0.1, 0.15) is 59.3 Å². The lowest BCUT2D eigenvalue weighted by Gasteiger charge is -2.29. The fourth-order valence-electron chi connectivity index (χ4n) is 3.68. The number of hydrogen-bond donors (Lipinski definition) is 1. The molecule has 1 fully saturated rings. The molecular formula is C20H31N3O4. The molecule has 0 radical (unpaired) electrons. The molecule has 0 aromatic carbocycles. The lowest BCUT2D eigenvalue weighted by atomic mass is 10.1. The molecule has 150 valence electrons. The molecule has 3 heterocycles. The van der Waals surface area contributed by atoms with E-state index in [9.17, 15) is 9.59 Å². The summed E-state index contributed by atoms with van der Waals surface area (Å²) in [5, 5.41) is 0. The summed E-state index contributed by atoms with van der Waals surface area (Å²) in [5.74, 6) is -0.389. The highest BCUT2D eigenvalue weighted by Crippen LogP contribution is 2.26. The van der Waals surface area contributed by atoms with Crippen LogP contribution in [0.15, 0.2) is 0 Å². The molecule has 0 aliphatic carbocycles. The van der Waals surface area contributed by atoms with Gasteiger partial charge in [0.25, 0.3) is 5.91 Å². The van der Waals surface area contributed by atoms with Crippen molar-refractivity contribution in [3.63, 3.8) is 0 Å². The molecule has 7 heteroatoms. The summed E-state index contributed by atoms with van der Waals surface area (Å²) in [6, 6.07) is 0. The number of nitrogens with one attached hydrogen (secondary N) is 1. The van der Waals surface area contributed by atoms with Gasteiger partial charge < -0.3 is 19.4 Å². The minimum Gasteiger partial charge on any atom is -0.455 e. The second-order valence-electron chi connectivity index (χ2n) is 8.33. The zero-order valence-corrected chi connectivity index (χ0v) is 16.9. The molecule has 0 atom stereocenters. The Kier molecular flexibility index (Phi) is 5.91. The standard InChI is InChI=1S/C20H31N3O4/c1-14-16-15(21-17(14)19(25)27-20(2,3)4)6-5-7-23(18(16)24)9-8-22-10-12-26-13-11-22/h21H,5-13H2,1-4H3. The molecule has 2 aliphatic heterocycles. The molecule has 1 saturated heterocycles. The van der Waals surface area contributed by atoms with E-state index < -0.39 is 11.6 Å². The van der Waals surface area contributed by atoms with E-state index in [1.165, 1.54) is 0 Å². The number of morpholine rings is 1. The van der Waals surface area contributed by atoms with Crippen molar-refractivity contribution in [2.24, 2.45) is 0 Å². The maximum absolute atomic E-state index is 13.2. The van der Waals surface area contributed by atoms with Crippen LogP contribution in [-0.4, -0.2) is 78.2 Å². The van der Waals surface area contributed by atoms with E-state index in [1.54, 1.807) is 0 Å². The third kappa shape index (κ3) is 4.71. The number of amides is 1. The molecule has 1 aromatic heterocycles. The monoisotopic (exact) mass is 377 g/mol. The Morgan fingerprint density at radius 2 is 1.89 bits per heavy atom. The molecule has 0 saturated carbocycles. The zero-order valence-electron chi connectivity index (χ0n) is 16.9. The van der Waals surface area contributed by atoms with Gasteiger partial charge in [-0.3, -0.25) is 9.69 Å². The highest BCUT2D eigenvalue weighted by molar-refractivity contribution is 6.01. The van der Waals surface area contributed by atoms with E-state index in [0.717, 1.165) is 57.9 Å². The summed E-state index contributed by atoms with van der Waals surface area (Å²) in [4.78, 5) is 33.1. The van der Waals surface area contributed by atoms with Crippen LogP contribution in [0.3, 0.4) is 0 Å². The quantitative estimate of drug-likeness (QED) is 0.813. The molecular weight excluding hydrogens is 346 g/mol. The van der Waals surface area contributed by atoms with Gasteiger partial charge in [-0.25, -0.2) is 4.79 Å². The van der Waals surface area contributed by atoms with Gasteiger partial charge in [0.15, 0.2) is 0 Å². The Bertz CT molecular complexity index is 699. The number of esters is 1. The summed E-state index contributed by atoms with van der Waals surface area (Å²) in [7, 11) is 0. The van der Waals surface area contributed by atoms with Gasteiger partial charge >= 0.3 is 5.97 Å². The first-order chi connectivity index (χ1) is 12.8. The van der Waals surface area contributed by atoms with Gasteiger partial charge in [0.05, 0.1) is 18.8 Å². The fraction of sp³-hybridized carbons (Fsp3) is 0.700. The number of aryl methyl sites for hydroxylation is 1. The largest absolute Gasteiger partial charge is 0.455 e. The molecule has 0 bridgehead atoms. The summed E-state index contributed by atoms with van der Waals surface area (Å²) < 4.78 is 10.9. The SMILES string of the molecule is Cc1c(C(=O)OC(C)(C)C)[nH]c2c1C(=O)N(CCN1CCOCC1)CCC2. The van der Waals surface area contributed by atoms with Gasteiger partial charge in [-0.15, -0.1) is 0 Å². The number of aromatic nitrogens is 1. The van der Waals surface area contributed by atoms with E-state index in [-0.39, 0.29) is 5.91 Å². The third-order valence-corrected chi connectivity index (χ3v) is 5.08. The van der Waals surface area contributed by atoms with Crippen LogP contribution in [0, 0.1) is 6.92 Å². The van der Waals surface area contributed by atoms with E-state index >= 15 is 0 Å². The predicted octanol–water partition coefficient (Wildman–Crippen LogP) is 2.00. The predicted molar refractivity (Wildman–Crippen MR) is 102 cm³/mol. The summed E-state index contributed by atoms with van der Waals surface area (Å²) in [5.41, 5.74) is 2.03. The second-order valence-corrected chi connectivity index (χ2v) is 8.33. The highest BCUT2D eigenvalue weighted by Gasteiger charge is 2.31. The van der Waals surface area contributed by atoms with Crippen LogP contribution in [0.5, 0.6) is 0 Å². The van der Waals surface area contributed by atoms with Crippen LogP contribution in [-0.2, 0) is 15.9 Å². The van der Waals surface area contributed by atoms with Crippen molar-refractivity contribution in [1.29, 1.82) is 0 Å². The van der Waals surface area contributed by atoms with Crippen molar-refractivity contribution >= 4 is 11.9 Å². The van der Waals surface area contributed by atoms with Gasteiger partial charge in [-0.05, 0) is 46.1 Å². The van der Waals surface area contributed by atoms with Crippen molar-refractivity contribution in [3.05, 3.63) is 22.5 Å². The molecule has 7 nitrogen and oxygen atoms in total. The minimum absolute atomic E-state index is 0.0133. The molecule has 2 aliphatic rings. The Hall–Kier alpha value is -1.86. The smallest absolute Gasteiger partial charge is 0.355 e. The van der Waals surface area contributed by atoms with Crippen molar-refractivity contribution in [3.8, 4) is 0 Å². The van der Waals surface area contributed by atoms with Crippen molar-refractivity contribution in [1.82, 2.24) is 14.8 Å². The van der Waals surface area contributed by atoms with Gasteiger partial charge in [-0.1, -0.05) is 0 Å². The number of H-pyrrole nitrogens is 1. The van der Waals surface area contributed by atoms with Crippen LogP contribution in [0.2, 0.25) is 0 Å². The lowest BCUT2D eigenvalue weighted by molar-refractivity contribution is 0.00625. The minimum atomic E-state index is -0.569. The maximum Gasteiger partial charge on any atom is 0.355 e. The number of rotatable bonds is 4. The Labute approximate surface area is 161 Å². The number of carbonyl (C=O) groups excluding carboxylic acids is 2. The molecule has 1 N–H and O–H groups in total. The number of aromatic amines is 1. The molecule has 1 aromatic rings. The Morgan fingerprint density at radius 1 is 1.19 bits per heavy atom. The number of hydrogen-bond acceptors (Lipinski definition) is 5. The van der Waals surface area contributed by atoms with Crippen LogP contribution >= 0.6 is 0 Å². The molecule has 0 spiro atoms. The van der Waals surface area contributed by atoms with E-state index in [4.69, 9.17) is 9.47 Å². The average molecular weight is 377 g/mol. The second kappa shape index (κ2) is 8.02. The lowest BCUT2D eigenvalue weighted by Crippen LogP contribution is -2.43. The molecule has 0 unspecified atom stereocenters. The summed E-state index contributed by atoms with van der Waals surface area (Å²) in [6.07, 6.45) is 1.65. The van der Waals surface area contributed by atoms with Crippen molar-refractivity contribution in [2.75, 3.05) is 45.9 Å². The summed E-state index contributed by atoms with van der Waals surface area (Å²) in [6.45, 7) is 13.0. The normalized spacial score (nSPS) is 19.0. The molecule has 3 rings (SSSR count). The van der Waals surface area contributed by atoms with E-state index in [0.29, 0.717) is 23.4 Å². The van der Waals surface area contributed by atoms with Gasteiger partial charge in [-0.2, -0.15) is 0 Å². The number of ether oxygens (including phenoxy) is 2. The third-order valence-electron chi connectivity index (χ3n) is 5.08. The van der Waals surface area contributed by atoms with Crippen LogP contribution < -0.4 is 0 Å². The first kappa shape index (κ1) is 19.9. The first-order valence-electron chi connectivity index (χ1n) is 9.80. The number of carbonyl (C=O) groups is 2. The number of fused-ring (bicyclic) bond motifs is 1. The average Bonchev–Trinajstić information content (AvgIpc) is 2.84. The maximum atomic E-state index is 13.2. The summed E-state index contributed by atoms with van der Waals surface area (Å²) >= 11 is 0. The van der Waals surface area contributed by atoms with Crippen molar-refractivity contribution < 1.29 is 19.1 Å². The number of nitrogens with zero attached hydrogens (tertiary/aromatic N) is 2. The van der Waals surface area contributed by atoms with Gasteiger partial charge in [0.1, 0.15) is 11.3 Å². The van der Waals surface area contributed by atoms with E-state index in [2.05, 4.69) is 9.88 Å². The molecule has 27 heavy (non-hydrogen) atoms. The highest BCUT2D eigenvalue weighted by atomic mass is 16.6. The first-order valence-corrected chi connectivity index (χ1v) is 9.80. The van der Waals surface area contributed by atoms with Crippen LogP contribution in [0.4, 0.5) is 0 Å². The topological polar surface area (TPSA) is 74.9 Å². The van der Waals surface area contributed by atoms with Crippen LogP contribution in [0.25, 0.3) is 0 Å². The molecule has 1 amide bonds. The van der Waals surface area contributed by atoms with Gasteiger partial charge in [0, 0.05) is 38.4 Å². The van der Waals surface area contributed by atoms with E-state index in [1.807, 2.05) is 32.6 Å². The fourth-order valence-corrected chi connectivity index (χ4v) is 3.68. The Morgan fingerprint density at radius 3 is 2.56 bits per heavy atom.